The van der Waals surface area contributed by atoms with E-state index >= 15 is 0 Å². The van der Waals surface area contributed by atoms with Crippen LogP contribution in [-0.2, 0) is 9.84 Å². The van der Waals surface area contributed by atoms with E-state index in [9.17, 15) is 8.42 Å². The fourth-order valence-electron chi connectivity index (χ4n) is 2.78. The molecule has 6 heteroatoms. The highest BCUT2D eigenvalue weighted by Gasteiger charge is 2.31. The molecule has 1 aliphatic rings. The van der Waals surface area contributed by atoms with Gasteiger partial charge >= 0.3 is 0 Å². The summed E-state index contributed by atoms with van der Waals surface area (Å²) in [5, 5.41) is 3.28. The quantitative estimate of drug-likeness (QED) is 0.922. The van der Waals surface area contributed by atoms with Crippen LogP contribution >= 0.6 is 0 Å². The van der Waals surface area contributed by atoms with Gasteiger partial charge in [0.15, 0.2) is 9.84 Å². The van der Waals surface area contributed by atoms with Crippen molar-refractivity contribution in [3.05, 3.63) is 17.1 Å². The molecule has 0 spiro atoms. The summed E-state index contributed by atoms with van der Waals surface area (Å²) in [7, 11) is -2.91. The standard InChI is InChI=1S/C14H23N3O2S/c1-5-15-14-12(9(2)3)10(4)16-13(17-14)11-6-7-20(18,19)8-11/h9,11H,5-8H2,1-4H3,(H,15,16,17). The summed E-state index contributed by atoms with van der Waals surface area (Å²) in [6, 6.07) is 0. The summed E-state index contributed by atoms with van der Waals surface area (Å²) in [4.78, 5) is 9.17. The van der Waals surface area contributed by atoms with E-state index in [-0.39, 0.29) is 17.4 Å². The van der Waals surface area contributed by atoms with Crippen LogP contribution in [0.15, 0.2) is 0 Å². The second-order valence-electron chi connectivity index (χ2n) is 5.71. The molecule has 1 fully saturated rings. The third-order valence-electron chi connectivity index (χ3n) is 3.67. The zero-order valence-electron chi connectivity index (χ0n) is 12.6. The number of sulfone groups is 1. The first-order chi connectivity index (χ1) is 9.34. The lowest BCUT2D eigenvalue weighted by Crippen LogP contribution is -2.14. The molecule has 1 aromatic heterocycles. The van der Waals surface area contributed by atoms with Crippen LogP contribution in [0.4, 0.5) is 5.82 Å². The molecule has 2 heterocycles. The van der Waals surface area contributed by atoms with Gasteiger partial charge in [0.05, 0.1) is 11.5 Å². The van der Waals surface area contributed by atoms with Crippen LogP contribution in [0, 0.1) is 6.92 Å². The van der Waals surface area contributed by atoms with E-state index in [4.69, 9.17) is 0 Å². The number of anilines is 1. The minimum absolute atomic E-state index is 0.0580. The maximum atomic E-state index is 11.6. The molecule has 0 bridgehead atoms. The molecular formula is C14H23N3O2S. The Morgan fingerprint density at radius 2 is 2.05 bits per heavy atom. The average Bonchev–Trinajstić information content (AvgIpc) is 2.69. The van der Waals surface area contributed by atoms with E-state index in [1.165, 1.54) is 0 Å². The molecule has 1 atom stereocenters. The SMILES string of the molecule is CCNc1nc(C2CCS(=O)(=O)C2)nc(C)c1C(C)C. The fraction of sp³-hybridized carbons (Fsp3) is 0.714. The highest BCUT2D eigenvalue weighted by molar-refractivity contribution is 7.91. The van der Waals surface area contributed by atoms with Gasteiger partial charge in [-0.25, -0.2) is 18.4 Å². The van der Waals surface area contributed by atoms with Crippen molar-refractivity contribution in [3.8, 4) is 0 Å². The molecule has 0 amide bonds. The number of nitrogens with one attached hydrogen (secondary N) is 1. The van der Waals surface area contributed by atoms with Crippen molar-refractivity contribution < 1.29 is 8.42 Å². The molecule has 1 aliphatic heterocycles. The van der Waals surface area contributed by atoms with Gasteiger partial charge in [0.25, 0.3) is 0 Å². The van der Waals surface area contributed by atoms with Gasteiger partial charge in [0.1, 0.15) is 11.6 Å². The van der Waals surface area contributed by atoms with Gasteiger partial charge in [0, 0.05) is 23.7 Å². The van der Waals surface area contributed by atoms with Crippen molar-refractivity contribution in [1.29, 1.82) is 0 Å². The molecule has 1 N–H and O–H groups in total. The maximum Gasteiger partial charge on any atom is 0.151 e. The smallest absolute Gasteiger partial charge is 0.151 e. The summed E-state index contributed by atoms with van der Waals surface area (Å²) < 4.78 is 23.2. The lowest BCUT2D eigenvalue weighted by molar-refractivity contribution is 0.601. The molecule has 0 aromatic carbocycles. The largest absolute Gasteiger partial charge is 0.370 e. The molecule has 0 saturated carbocycles. The van der Waals surface area contributed by atoms with Crippen molar-refractivity contribution in [2.75, 3.05) is 23.4 Å². The van der Waals surface area contributed by atoms with Gasteiger partial charge < -0.3 is 5.32 Å². The van der Waals surface area contributed by atoms with Crippen molar-refractivity contribution in [2.45, 2.75) is 46.0 Å². The summed E-state index contributed by atoms with van der Waals surface area (Å²) >= 11 is 0. The van der Waals surface area contributed by atoms with Gasteiger partial charge in [-0.2, -0.15) is 0 Å². The van der Waals surface area contributed by atoms with Crippen LogP contribution in [-0.4, -0.2) is 36.4 Å². The van der Waals surface area contributed by atoms with E-state index in [0.29, 0.717) is 18.2 Å². The lowest BCUT2D eigenvalue weighted by atomic mass is 10.0. The minimum Gasteiger partial charge on any atom is -0.370 e. The number of aryl methyl sites for hydroxylation is 1. The van der Waals surface area contributed by atoms with Gasteiger partial charge in [-0.1, -0.05) is 13.8 Å². The van der Waals surface area contributed by atoms with Crippen molar-refractivity contribution >= 4 is 15.7 Å². The van der Waals surface area contributed by atoms with Crippen molar-refractivity contribution in [3.63, 3.8) is 0 Å². The molecule has 20 heavy (non-hydrogen) atoms. The summed E-state index contributed by atoms with van der Waals surface area (Å²) in [5.74, 6) is 2.24. The second kappa shape index (κ2) is 5.68. The first-order valence-corrected chi connectivity index (χ1v) is 8.99. The van der Waals surface area contributed by atoms with E-state index in [1.54, 1.807) is 0 Å². The number of hydrogen-bond acceptors (Lipinski definition) is 5. The Labute approximate surface area is 121 Å². The van der Waals surface area contributed by atoms with E-state index in [2.05, 4.69) is 29.1 Å². The van der Waals surface area contributed by atoms with Crippen molar-refractivity contribution in [1.82, 2.24) is 9.97 Å². The van der Waals surface area contributed by atoms with Crippen LogP contribution in [0.2, 0.25) is 0 Å². The number of aromatic nitrogens is 2. The Bertz CT molecular complexity index is 597. The predicted octanol–water partition coefficient (Wildman–Crippen LogP) is 2.24. The van der Waals surface area contributed by atoms with E-state index in [0.717, 1.165) is 23.6 Å². The monoisotopic (exact) mass is 297 g/mol. The normalized spacial score (nSPS) is 21.4. The molecule has 5 nitrogen and oxygen atoms in total. The van der Waals surface area contributed by atoms with Crippen LogP contribution in [0.25, 0.3) is 0 Å². The summed E-state index contributed by atoms with van der Waals surface area (Å²) in [6.07, 6.45) is 0.633. The highest BCUT2D eigenvalue weighted by atomic mass is 32.2. The molecule has 112 valence electrons. The Kier molecular flexibility index (Phi) is 4.32. The second-order valence-corrected chi connectivity index (χ2v) is 7.94. The van der Waals surface area contributed by atoms with E-state index < -0.39 is 9.84 Å². The lowest BCUT2D eigenvalue weighted by Gasteiger charge is -2.18. The van der Waals surface area contributed by atoms with Crippen LogP contribution in [0.5, 0.6) is 0 Å². The Morgan fingerprint density at radius 3 is 2.55 bits per heavy atom. The number of hydrogen-bond donors (Lipinski definition) is 1. The predicted molar refractivity (Wildman–Crippen MR) is 81.0 cm³/mol. The first-order valence-electron chi connectivity index (χ1n) is 7.16. The van der Waals surface area contributed by atoms with Gasteiger partial charge in [-0.15, -0.1) is 0 Å². The van der Waals surface area contributed by atoms with Crippen LogP contribution in [0.3, 0.4) is 0 Å². The van der Waals surface area contributed by atoms with Gasteiger partial charge in [-0.3, -0.25) is 0 Å². The average molecular weight is 297 g/mol. The molecular weight excluding hydrogens is 274 g/mol. The topological polar surface area (TPSA) is 72.0 Å². The third-order valence-corrected chi connectivity index (χ3v) is 5.44. The molecule has 0 radical (unpaired) electrons. The Hall–Kier alpha value is -1.17. The maximum absolute atomic E-state index is 11.6. The minimum atomic E-state index is -2.91. The number of rotatable bonds is 4. The Morgan fingerprint density at radius 1 is 1.35 bits per heavy atom. The third kappa shape index (κ3) is 3.11. The molecule has 2 rings (SSSR count). The summed E-state index contributed by atoms with van der Waals surface area (Å²) in [6.45, 7) is 9.03. The zero-order chi connectivity index (χ0) is 14.9. The molecule has 1 saturated heterocycles. The fourth-order valence-corrected chi connectivity index (χ4v) is 4.52. The van der Waals surface area contributed by atoms with Crippen molar-refractivity contribution in [2.24, 2.45) is 0 Å². The van der Waals surface area contributed by atoms with Crippen LogP contribution in [0.1, 0.15) is 56.1 Å². The van der Waals surface area contributed by atoms with E-state index in [1.807, 2.05) is 13.8 Å². The molecule has 1 aromatic rings. The number of nitrogens with zero attached hydrogens (tertiary/aromatic N) is 2. The Balaban J connectivity index is 2.41. The highest BCUT2D eigenvalue weighted by Crippen LogP contribution is 2.31. The van der Waals surface area contributed by atoms with Gasteiger partial charge in [-0.05, 0) is 26.2 Å². The molecule has 0 aliphatic carbocycles. The van der Waals surface area contributed by atoms with Crippen LogP contribution < -0.4 is 5.32 Å². The zero-order valence-corrected chi connectivity index (χ0v) is 13.4. The summed E-state index contributed by atoms with van der Waals surface area (Å²) in [5.41, 5.74) is 2.07. The molecule has 1 unspecified atom stereocenters. The van der Waals surface area contributed by atoms with Gasteiger partial charge in [0.2, 0.25) is 0 Å². The first kappa shape index (κ1) is 15.2.